The highest BCUT2D eigenvalue weighted by Crippen LogP contribution is 1.86. The summed E-state index contributed by atoms with van der Waals surface area (Å²) >= 11 is 0. The van der Waals surface area contributed by atoms with Gasteiger partial charge in [0.05, 0.1) is 6.61 Å². The van der Waals surface area contributed by atoms with Gasteiger partial charge in [0.2, 0.25) is 0 Å². The van der Waals surface area contributed by atoms with Crippen LogP contribution in [0.1, 0.15) is 19.8 Å². The van der Waals surface area contributed by atoms with Gasteiger partial charge in [0.25, 0.3) is 0 Å². The van der Waals surface area contributed by atoms with Gasteiger partial charge in [-0.15, -0.1) is 0 Å². The van der Waals surface area contributed by atoms with Crippen LogP contribution in [0.15, 0.2) is 0 Å². The number of hydrogen-bond donors (Lipinski definition) is 1. The molecule has 0 aromatic heterocycles. The zero-order valence-electron chi connectivity index (χ0n) is 7.41. The summed E-state index contributed by atoms with van der Waals surface area (Å²) in [6, 6.07) is 0. The predicted molar refractivity (Wildman–Crippen MR) is 43.8 cm³/mol. The molecule has 0 aliphatic rings. The van der Waals surface area contributed by atoms with E-state index >= 15 is 0 Å². The summed E-state index contributed by atoms with van der Waals surface area (Å²) in [7, 11) is 0. The minimum atomic E-state index is -0.338. The third-order valence-electron chi connectivity index (χ3n) is 1.13. The van der Waals surface area contributed by atoms with E-state index in [0.717, 1.165) is 6.42 Å². The molecule has 0 aromatic rings. The Labute approximate surface area is 72.5 Å². The second-order valence-electron chi connectivity index (χ2n) is 2.35. The molecule has 0 atom stereocenters. The van der Waals surface area contributed by atoms with Crippen LogP contribution in [0.2, 0.25) is 0 Å². The van der Waals surface area contributed by atoms with E-state index in [1.54, 1.807) is 0 Å². The van der Waals surface area contributed by atoms with Crippen LogP contribution >= 0.6 is 0 Å². The highest BCUT2D eigenvalue weighted by Gasteiger charge is 2.00. The second kappa shape index (κ2) is 8.49. The second-order valence-corrected chi connectivity index (χ2v) is 2.35. The smallest absolute Gasteiger partial charge is 0.332 e. The average Bonchev–Trinajstić information content (AvgIpc) is 2.09. The van der Waals surface area contributed by atoms with Crippen LogP contribution in [0.3, 0.4) is 0 Å². The molecular weight excluding hydrogens is 160 g/mol. The first-order valence-corrected chi connectivity index (χ1v) is 4.15. The molecule has 0 spiro atoms. The highest BCUT2D eigenvalue weighted by atomic mass is 16.6. The maximum atomic E-state index is 10.8. The van der Waals surface area contributed by atoms with Crippen molar-refractivity contribution in [2.45, 2.75) is 19.8 Å². The third-order valence-corrected chi connectivity index (χ3v) is 1.13. The topological polar surface area (TPSA) is 55.8 Å². The minimum Gasteiger partial charge on any atom is -0.464 e. The predicted octanol–water partition coefficient (Wildman–Crippen LogP) is 0.339. The molecule has 0 saturated heterocycles. The van der Waals surface area contributed by atoms with Gasteiger partial charge in [0, 0.05) is 13.2 Å². The van der Waals surface area contributed by atoms with Gasteiger partial charge in [-0.3, -0.25) is 0 Å². The fourth-order valence-corrected chi connectivity index (χ4v) is 0.580. The molecule has 0 saturated carbocycles. The fraction of sp³-hybridized carbons (Fsp3) is 0.875. The minimum absolute atomic E-state index is 0.0139. The summed E-state index contributed by atoms with van der Waals surface area (Å²) < 4.78 is 9.64. The van der Waals surface area contributed by atoms with Crippen molar-refractivity contribution < 1.29 is 19.4 Å². The molecule has 0 fully saturated rings. The molecule has 4 nitrogen and oxygen atoms in total. The molecule has 0 rings (SSSR count). The van der Waals surface area contributed by atoms with E-state index in [0.29, 0.717) is 19.6 Å². The van der Waals surface area contributed by atoms with E-state index in [9.17, 15) is 4.79 Å². The normalized spacial score (nSPS) is 9.83. The summed E-state index contributed by atoms with van der Waals surface area (Å²) in [5.74, 6) is -0.338. The molecule has 0 aliphatic heterocycles. The van der Waals surface area contributed by atoms with Crippen molar-refractivity contribution in [1.29, 1.82) is 0 Å². The summed E-state index contributed by atoms with van der Waals surface area (Å²) in [5.41, 5.74) is 0. The van der Waals surface area contributed by atoms with Crippen LogP contribution < -0.4 is 0 Å². The van der Waals surface area contributed by atoms with E-state index in [1.807, 2.05) is 6.92 Å². The van der Waals surface area contributed by atoms with Gasteiger partial charge in [-0.25, -0.2) is 4.79 Å². The van der Waals surface area contributed by atoms with Gasteiger partial charge in [0.15, 0.2) is 0 Å². The molecule has 0 heterocycles. The quantitative estimate of drug-likeness (QED) is 0.449. The first-order chi connectivity index (χ1) is 5.81. The lowest BCUT2D eigenvalue weighted by Gasteiger charge is -2.03. The van der Waals surface area contributed by atoms with Crippen molar-refractivity contribution in [2.75, 3.05) is 26.4 Å². The van der Waals surface area contributed by atoms with Crippen LogP contribution in [0, 0.1) is 0 Å². The first kappa shape index (κ1) is 11.4. The molecule has 1 N–H and O–H groups in total. The fourth-order valence-electron chi connectivity index (χ4n) is 0.580. The van der Waals surface area contributed by atoms with E-state index in [2.05, 4.69) is 0 Å². The molecule has 72 valence electrons. The van der Waals surface area contributed by atoms with Crippen molar-refractivity contribution >= 4 is 5.97 Å². The van der Waals surface area contributed by atoms with Crippen LogP contribution in [0.4, 0.5) is 0 Å². The van der Waals surface area contributed by atoms with Gasteiger partial charge < -0.3 is 14.6 Å². The molecule has 0 amide bonds. The largest absolute Gasteiger partial charge is 0.464 e. The Hall–Kier alpha value is -0.610. The summed E-state index contributed by atoms with van der Waals surface area (Å²) in [6.07, 6.45) is 1.38. The molecule has 0 aliphatic carbocycles. The van der Waals surface area contributed by atoms with Gasteiger partial charge in [-0.2, -0.15) is 0 Å². The zero-order chi connectivity index (χ0) is 9.23. The number of esters is 1. The van der Waals surface area contributed by atoms with E-state index in [1.165, 1.54) is 0 Å². The zero-order valence-corrected chi connectivity index (χ0v) is 7.41. The Bertz CT molecular complexity index is 114. The van der Waals surface area contributed by atoms with E-state index < -0.39 is 0 Å². The number of carbonyl (C=O) groups excluding carboxylic acids is 1. The number of aliphatic hydroxyl groups excluding tert-OH is 1. The molecule has 4 heteroatoms. The molecule has 12 heavy (non-hydrogen) atoms. The molecule has 0 unspecified atom stereocenters. The lowest BCUT2D eigenvalue weighted by molar-refractivity contribution is -0.149. The number of hydrogen-bond acceptors (Lipinski definition) is 4. The lowest BCUT2D eigenvalue weighted by Crippen LogP contribution is -2.13. The SMILES string of the molecule is CCCOC(=O)COCCCO. The first-order valence-electron chi connectivity index (χ1n) is 4.15. The molecule has 0 aromatic carbocycles. The Morgan fingerprint density at radius 3 is 2.75 bits per heavy atom. The van der Waals surface area contributed by atoms with Crippen molar-refractivity contribution in [3.8, 4) is 0 Å². The summed E-state index contributed by atoms with van der Waals surface area (Å²) in [5, 5.41) is 8.38. The number of carbonyl (C=O) groups is 1. The Kier molecular flexibility index (Phi) is 8.05. The molecule has 0 radical (unpaired) electrons. The maximum Gasteiger partial charge on any atom is 0.332 e. The Morgan fingerprint density at radius 1 is 1.42 bits per heavy atom. The van der Waals surface area contributed by atoms with Gasteiger partial charge in [-0.05, 0) is 12.8 Å². The average molecular weight is 176 g/mol. The van der Waals surface area contributed by atoms with E-state index in [4.69, 9.17) is 14.6 Å². The number of rotatable bonds is 7. The van der Waals surface area contributed by atoms with Crippen molar-refractivity contribution in [2.24, 2.45) is 0 Å². The van der Waals surface area contributed by atoms with Crippen LogP contribution in [-0.4, -0.2) is 37.5 Å². The van der Waals surface area contributed by atoms with Crippen molar-refractivity contribution in [1.82, 2.24) is 0 Å². The van der Waals surface area contributed by atoms with Crippen LogP contribution in [0.25, 0.3) is 0 Å². The Morgan fingerprint density at radius 2 is 2.17 bits per heavy atom. The standard InChI is InChI=1S/C8H16O4/c1-2-5-12-8(10)7-11-6-3-4-9/h9H,2-7H2,1H3. The number of ether oxygens (including phenoxy) is 2. The van der Waals surface area contributed by atoms with Gasteiger partial charge >= 0.3 is 5.97 Å². The van der Waals surface area contributed by atoms with Crippen molar-refractivity contribution in [3.63, 3.8) is 0 Å². The maximum absolute atomic E-state index is 10.8. The monoisotopic (exact) mass is 176 g/mol. The lowest BCUT2D eigenvalue weighted by atomic mass is 10.5. The third kappa shape index (κ3) is 7.50. The van der Waals surface area contributed by atoms with Crippen LogP contribution in [-0.2, 0) is 14.3 Å². The van der Waals surface area contributed by atoms with Gasteiger partial charge in [-0.1, -0.05) is 6.92 Å². The molecular formula is C8H16O4. The van der Waals surface area contributed by atoms with Crippen LogP contribution in [0.5, 0.6) is 0 Å². The van der Waals surface area contributed by atoms with E-state index in [-0.39, 0.29) is 19.2 Å². The van der Waals surface area contributed by atoms with Gasteiger partial charge in [0.1, 0.15) is 6.61 Å². The highest BCUT2D eigenvalue weighted by molar-refractivity contribution is 5.70. The summed E-state index contributed by atoms with van der Waals surface area (Å²) in [6.45, 7) is 2.85. The number of aliphatic hydroxyl groups is 1. The summed E-state index contributed by atoms with van der Waals surface area (Å²) in [4.78, 5) is 10.8. The Balaban J connectivity index is 3.08. The molecule has 0 bridgehead atoms. The van der Waals surface area contributed by atoms with Crippen molar-refractivity contribution in [3.05, 3.63) is 0 Å².